The first-order valence-electron chi connectivity index (χ1n) is 12.2. The summed E-state index contributed by atoms with van der Waals surface area (Å²) in [7, 11) is 3.97. The largest absolute Gasteiger partial charge is 0.493 e. The van der Waals surface area contributed by atoms with Crippen molar-refractivity contribution in [2.75, 3.05) is 53.3 Å². The fourth-order valence-corrected chi connectivity index (χ4v) is 4.46. The lowest BCUT2D eigenvalue weighted by Crippen LogP contribution is -2.29. The van der Waals surface area contributed by atoms with Gasteiger partial charge >= 0.3 is 0 Å². The maximum atomic E-state index is 15.0. The number of pyridine rings is 1. The molecule has 1 aliphatic heterocycles. The lowest BCUT2D eigenvalue weighted by Gasteiger charge is -2.16. The van der Waals surface area contributed by atoms with Crippen LogP contribution in [0.5, 0.6) is 11.5 Å². The normalized spacial score (nSPS) is 14.5. The number of nitrogen functional groups attached to an aromatic ring is 1. The zero-order chi connectivity index (χ0) is 29.0. The van der Waals surface area contributed by atoms with E-state index in [0.717, 1.165) is 6.07 Å². The number of amides is 2. The van der Waals surface area contributed by atoms with Gasteiger partial charge in [0.25, 0.3) is 5.91 Å². The van der Waals surface area contributed by atoms with Crippen molar-refractivity contribution < 1.29 is 32.6 Å². The maximum Gasteiger partial charge on any atom is 0.255 e. The van der Waals surface area contributed by atoms with Gasteiger partial charge in [-0.25, -0.2) is 13.8 Å². The molecule has 0 saturated carbocycles. The van der Waals surface area contributed by atoms with Crippen LogP contribution in [0, 0.1) is 23.5 Å². The Morgan fingerprint density at radius 1 is 1.23 bits per heavy atom. The number of methoxy groups -OCH3 is 3. The minimum atomic E-state index is -1.02. The lowest BCUT2D eigenvalue weighted by molar-refractivity contribution is -0.125. The van der Waals surface area contributed by atoms with Crippen molar-refractivity contribution in [3.63, 3.8) is 0 Å². The van der Waals surface area contributed by atoms with Crippen molar-refractivity contribution in [1.29, 1.82) is 0 Å². The van der Waals surface area contributed by atoms with Crippen LogP contribution < -0.4 is 20.5 Å². The number of carbonyl (C=O) groups is 2. The van der Waals surface area contributed by atoms with Gasteiger partial charge in [0.2, 0.25) is 5.91 Å². The molecule has 0 aliphatic carbocycles. The highest BCUT2D eigenvalue weighted by Crippen LogP contribution is 2.33. The Morgan fingerprint density at radius 3 is 2.55 bits per heavy atom. The number of nitrogens with two attached hydrogens (primary N) is 1. The number of nitrogens with one attached hydrogen (secondary N) is 1. The number of ether oxygens (including phenoxy) is 3. The first-order valence-corrected chi connectivity index (χ1v) is 12.2. The molecule has 1 saturated heterocycles. The quantitative estimate of drug-likeness (QED) is 0.246. The third kappa shape index (κ3) is 5.26. The summed E-state index contributed by atoms with van der Waals surface area (Å²) in [6.45, 7) is 4.79. The van der Waals surface area contributed by atoms with E-state index in [1.165, 1.54) is 33.6 Å². The molecule has 13 heteroatoms. The Morgan fingerprint density at radius 2 is 1.93 bits per heavy atom. The Hall–Kier alpha value is -4.70. The smallest absolute Gasteiger partial charge is 0.255 e. The molecule has 3 N–H and O–H groups in total. The van der Waals surface area contributed by atoms with Crippen molar-refractivity contribution in [1.82, 2.24) is 25.0 Å². The molecular weight excluding hydrogens is 526 g/mol. The second-order valence-electron chi connectivity index (χ2n) is 8.79. The van der Waals surface area contributed by atoms with Gasteiger partial charge in [-0.3, -0.25) is 14.3 Å². The van der Waals surface area contributed by atoms with Gasteiger partial charge in [0, 0.05) is 39.0 Å². The molecular formula is C27H28F2N6O5. The third-order valence-corrected chi connectivity index (χ3v) is 6.47. The Bertz CT molecular complexity index is 1520. The highest BCUT2D eigenvalue weighted by atomic mass is 19.1. The number of nitrogens with zero attached hydrogens (tertiary/aromatic N) is 4. The summed E-state index contributed by atoms with van der Waals surface area (Å²) < 4.78 is 46.5. The second-order valence-corrected chi connectivity index (χ2v) is 8.79. The molecule has 1 atom stereocenters. The molecule has 0 radical (unpaired) electrons. The first kappa shape index (κ1) is 28.3. The molecule has 2 aromatic heterocycles. The number of hydrogen-bond acceptors (Lipinski definition) is 8. The molecule has 1 aromatic carbocycles. The number of hydrogen-bond donors (Lipinski definition) is 2. The number of fused-ring (bicyclic) bond motifs is 1. The number of benzene rings is 1. The molecule has 0 spiro atoms. The average molecular weight is 555 g/mol. The minimum Gasteiger partial charge on any atom is -0.493 e. The summed E-state index contributed by atoms with van der Waals surface area (Å²) in [5, 5.41) is 7.58. The number of halogens is 2. The van der Waals surface area contributed by atoms with Crippen molar-refractivity contribution in [2.45, 2.75) is 12.5 Å². The van der Waals surface area contributed by atoms with Crippen LogP contribution in [0.3, 0.4) is 0 Å². The van der Waals surface area contributed by atoms with Crippen LogP contribution in [-0.2, 0) is 9.53 Å². The van der Waals surface area contributed by atoms with Crippen molar-refractivity contribution >= 4 is 28.5 Å². The number of likely N-dealkylation sites (tertiary alicyclic amines) is 1. The molecule has 3 aromatic rings. The van der Waals surface area contributed by atoms with E-state index in [0.29, 0.717) is 18.5 Å². The molecule has 40 heavy (non-hydrogen) atoms. The molecule has 1 aliphatic rings. The van der Waals surface area contributed by atoms with E-state index in [-0.39, 0.29) is 65.6 Å². The summed E-state index contributed by atoms with van der Waals surface area (Å²) in [6, 6.07) is 0.729. The van der Waals surface area contributed by atoms with Crippen molar-refractivity contribution in [3.8, 4) is 23.3 Å². The van der Waals surface area contributed by atoms with E-state index in [4.69, 9.17) is 19.9 Å². The van der Waals surface area contributed by atoms with E-state index in [9.17, 15) is 18.4 Å². The molecule has 4 rings (SSSR count). The number of aromatic nitrogens is 3. The lowest BCUT2D eigenvalue weighted by atomic mass is 10.1. The number of anilines is 1. The Kier molecular flexibility index (Phi) is 8.49. The minimum absolute atomic E-state index is 0.0141. The predicted octanol–water partition coefficient (Wildman–Crippen LogP) is 2.04. The number of rotatable bonds is 8. The molecule has 1 fully saturated rings. The molecule has 210 valence electrons. The summed E-state index contributed by atoms with van der Waals surface area (Å²) in [4.78, 5) is 31.1. The molecule has 0 bridgehead atoms. The Labute approximate surface area is 228 Å². The second kappa shape index (κ2) is 12.0. The standard InChI is InChI=1S/C27H28F2N6O5/c1-5-21(36)34-10-8-15(14-34)35-25-17(27(37)31-9-11-38-2)13-32-26(30)22(25)18(33-35)7-6-16-23(28)19(39-3)12-20(40-4)24(16)29/h5,12-13,15H,1,8-11,14H2,2-4H3,(H2,30,32)(H,31,37). The molecule has 3 heterocycles. The summed E-state index contributed by atoms with van der Waals surface area (Å²) in [5.41, 5.74) is 6.16. The monoisotopic (exact) mass is 554 g/mol. The van der Waals surface area contributed by atoms with E-state index < -0.39 is 23.1 Å². The first-order chi connectivity index (χ1) is 19.2. The van der Waals surface area contributed by atoms with Crippen LogP contribution in [0.15, 0.2) is 24.9 Å². The number of carbonyl (C=O) groups excluding carboxylic acids is 2. The maximum absolute atomic E-state index is 15.0. The zero-order valence-corrected chi connectivity index (χ0v) is 22.2. The molecule has 2 amide bonds. The fraction of sp³-hybridized carbons (Fsp3) is 0.333. The SMILES string of the molecule is C=CC(=O)N1CCC(n2nc(C#Cc3c(F)c(OC)cc(OC)c3F)c3c(N)ncc(C(=O)NCCOC)c32)C1. The van der Waals surface area contributed by atoms with E-state index in [1.54, 1.807) is 9.58 Å². The topological polar surface area (TPSA) is 134 Å². The van der Waals surface area contributed by atoms with Gasteiger partial charge in [-0.2, -0.15) is 5.10 Å². The van der Waals surface area contributed by atoms with Gasteiger partial charge in [-0.05, 0) is 18.4 Å². The highest BCUT2D eigenvalue weighted by molar-refractivity contribution is 6.09. The fourth-order valence-electron chi connectivity index (χ4n) is 4.46. The van der Waals surface area contributed by atoms with E-state index in [2.05, 4.69) is 33.8 Å². The van der Waals surface area contributed by atoms with Crippen LogP contribution in [0.2, 0.25) is 0 Å². The molecule has 1 unspecified atom stereocenters. The van der Waals surface area contributed by atoms with E-state index in [1.807, 2.05) is 0 Å². The van der Waals surface area contributed by atoms with Gasteiger partial charge in [0.1, 0.15) is 17.1 Å². The predicted molar refractivity (Wildman–Crippen MR) is 142 cm³/mol. The van der Waals surface area contributed by atoms with Crippen LogP contribution in [0.1, 0.15) is 34.1 Å². The van der Waals surface area contributed by atoms with Crippen LogP contribution in [0.25, 0.3) is 10.9 Å². The Balaban J connectivity index is 1.90. The van der Waals surface area contributed by atoms with Crippen molar-refractivity contribution in [2.24, 2.45) is 0 Å². The molecule has 11 nitrogen and oxygen atoms in total. The summed E-state index contributed by atoms with van der Waals surface area (Å²) in [6.07, 6.45) is 3.07. The highest BCUT2D eigenvalue weighted by Gasteiger charge is 2.31. The van der Waals surface area contributed by atoms with Crippen molar-refractivity contribution in [3.05, 3.63) is 53.4 Å². The van der Waals surface area contributed by atoms with E-state index >= 15 is 0 Å². The summed E-state index contributed by atoms with van der Waals surface area (Å²) >= 11 is 0. The van der Waals surface area contributed by atoms with Gasteiger partial charge in [-0.1, -0.05) is 12.5 Å². The van der Waals surface area contributed by atoms with Gasteiger partial charge in [-0.15, -0.1) is 0 Å². The average Bonchev–Trinajstić information content (AvgIpc) is 3.59. The van der Waals surface area contributed by atoms with Gasteiger partial charge < -0.3 is 30.2 Å². The van der Waals surface area contributed by atoms with Crippen LogP contribution >= 0.6 is 0 Å². The third-order valence-electron chi connectivity index (χ3n) is 6.47. The van der Waals surface area contributed by atoms with Crippen LogP contribution in [0.4, 0.5) is 14.6 Å². The zero-order valence-electron chi connectivity index (χ0n) is 22.2. The summed E-state index contributed by atoms with van der Waals surface area (Å²) in [5.74, 6) is 1.94. The van der Waals surface area contributed by atoms with Gasteiger partial charge in [0.15, 0.2) is 23.1 Å². The van der Waals surface area contributed by atoms with Crippen LogP contribution in [-0.4, -0.2) is 79.0 Å². The van der Waals surface area contributed by atoms with Gasteiger partial charge in [0.05, 0.1) is 43.3 Å².